The van der Waals surface area contributed by atoms with E-state index in [0.29, 0.717) is 17.1 Å². The first kappa shape index (κ1) is 10.2. The maximum Gasteiger partial charge on any atom is 0.328 e. The van der Waals surface area contributed by atoms with Gasteiger partial charge in [-0.2, -0.15) is 4.98 Å². The van der Waals surface area contributed by atoms with Crippen LogP contribution in [0, 0.1) is 6.92 Å². The minimum atomic E-state index is -0.316. The van der Waals surface area contributed by atoms with E-state index in [0.717, 1.165) is 0 Å². The summed E-state index contributed by atoms with van der Waals surface area (Å²) in [5, 5.41) is 6.04. The summed E-state index contributed by atoms with van der Waals surface area (Å²) < 4.78 is 4.76. The molecule has 6 heteroatoms. The molecule has 82 valence electrons. The van der Waals surface area contributed by atoms with Crippen molar-refractivity contribution in [1.29, 1.82) is 0 Å². The van der Waals surface area contributed by atoms with Crippen molar-refractivity contribution in [2.45, 2.75) is 6.92 Å². The molecule has 1 aromatic heterocycles. The number of nitrogen functional groups attached to an aromatic ring is 1. The van der Waals surface area contributed by atoms with Crippen molar-refractivity contribution < 1.29 is 9.32 Å². The zero-order chi connectivity index (χ0) is 11.5. The van der Waals surface area contributed by atoms with Gasteiger partial charge in [-0.25, -0.2) is 0 Å². The Morgan fingerprint density at radius 3 is 2.62 bits per heavy atom. The molecule has 0 fully saturated rings. The fraction of sp³-hybridized carbons (Fsp3) is 0.100. The van der Waals surface area contributed by atoms with Crippen molar-refractivity contribution in [3.05, 3.63) is 35.7 Å². The van der Waals surface area contributed by atoms with Crippen LogP contribution in [0.15, 0.2) is 28.8 Å². The number of aryl methyl sites for hydroxylation is 1. The first-order chi connectivity index (χ1) is 7.65. The molecule has 0 radical (unpaired) electrons. The van der Waals surface area contributed by atoms with Gasteiger partial charge in [0.1, 0.15) is 0 Å². The van der Waals surface area contributed by atoms with Gasteiger partial charge in [-0.15, -0.1) is 0 Å². The van der Waals surface area contributed by atoms with Gasteiger partial charge in [-0.05, 0) is 31.2 Å². The topological polar surface area (TPSA) is 94.0 Å². The average Bonchev–Trinajstić information content (AvgIpc) is 2.65. The lowest BCUT2D eigenvalue weighted by molar-refractivity contribution is 0.102. The van der Waals surface area contributed by atoms with Gasteiger partial charge >= 0.3 is 6.01 Å². The maximum atomic E-state index is 11.7. The monoisotopic (exact) mass is 218 g/mol. The number of carbonyl (C=O) groups is 1. The van der Waals surface area contributed by atoms with E-state index >= 15 is 0 Å². The quantitative estimate of drug-likeness (QED) is 0.739. The number of anilines is 2. The number of nitrogens with zero attached hydrogens (tertiary/aromatic N) is 2. The molecule has 0 aliphatic rings. The second-order valence-electron chi connectivity index (χ2n) is 3.22. The highest BCUT2D eigenvalue weighted by molar-refractivity contribution is 6.03. The number of hydrogen-bond acceptors (Lipinski definition) is 5. The van der Waals surface area contributed by atoms with Crippen molar-refractivity contribution in [2.24, 2.45) is 0 Å². The minimum Gasteiger partial charge on any atom is -0.399 e. The van der Waals surface area contributed by atoms with Crippen LogP contribution in [0.4, 0.5) is 11.7 Å². The van der Waals surface area contributed by atoms with Crippen molar-refractivity contribution in [1.82, 2.24) is 10.1 Å². The molecular weight excluding hydrogens is 208 g/mol. The summed E-state index contributed by atoms with van der Waals surface area (Å²) in [6.07, 6.45) is 0. The van der Waals surface area contributed by atoms with Gasteiger partial charge in [0.05, 0.1) is 0 Å². The van der Waals surface area contributed by atoms with E-state index in [2.05, 4.69) is 15.5 Å². The van der Waals surface area contributed by atoms with Gasteiger partial charge in [-0.1, -0.05) is 5.16 Å². The Hall–Kier alpha value is -2.37. The minimum absolute atomic E-state index is 0.0827. The van der Waals surface area contributed by atoms with Crippen LogP contribution in [0.1, 0.15) is 16.2 Å². The molecule has 6 nitrogen and oxygen atoms in total. The molecular formula is C10H10N4O2. The zero-order valence-electron chi connectivity index (χ0n) is 8.60. The van der Waals surface area contributed by atoms with E-state index in [9.17, 15) is 4.79 Å². The molecule has 1 aromatic carbocycles. The molecule has 0 aliphatic carbocycles. The van der Waals surface area contributed by atoms with Crippen molar-refractivity contribution in [3.63, 3.8) is 0 Å². The predicted octanol–water partition coefficient (Wildman–Crippen LogP) is 1.21. The van der Waals surface area contributed by atoms with Crippen molar-refractivity contribution in [3.8, 4) is 0 Å². The standard InChI is InChI=1S/C10H10N4O2/c1-6-12-10(16-14-6)13-9(15)7-2-4-8(11)5-3-7/h2-5H,11H2,1H3,(H,12,13,14,15). The van der Waals surface area contributed by atoms with Crippen LogP contribution < -0.4 is 11.1 Å². The zero-order valence-corrected chi connectivity index (χ0v) is 8.60. The van der Waals surface area contributed by atoms with Crippen LogP contribution in [-0.4, -0.2) is 16.0 Å². The lowest BCUT2D eigenvalue weighted by Gasteiger charge is -2.00. The molecule has 0 bridgehead atoms. The second kappa shape index (κ2) is 4.01. The van der Waals surface area contributed by atoms with Gasteiger partial charge in [0.15, 0.2) is 5.82 Å². The Kier molecular flexibility index (Phi) is 2.55. The molecule has 1 heterocycles. The molecule has 2 aromatic rings. The number of nitrogens with two attached hydrogens (primary N) is 1. The lowest BCUT2D eigenvalue weighted by atomic mass is 10.2. The first-order valence-electron chi connectivity index (χ1n) is 4.62. The van der Waals surface area contributed by atoms with Gasteiger partial charge in [0.2, 0.25) is 0 Å². The van der Waals surface area contributed by atoms with Gasteiger partial charge in [-0.3, -0.25) is 10.1 Å². The molecule has 0 spiro atoms. The summed E-state index contributed by atoms with van der Waals surface area (Å²) in [6, 6.07) is 6.61. The van der Waals surface area contributed by atoms with Crippen molar-refractivity contribution >= 4 is 17.6 Å². The lowest BCUT2D eigenvalue weighted by Crippen LogP contribution is -2.12. The Balaban J connectivity index is 2.11. The number of nitrogens with one attached hydrogen (secondary N) is 1. The maximum absolute atomic E-state index is 11.7. The second-order valence-corrected chi connectivity index (χ2v) is 3.22. The van der Waals surface area contributed by atoms with E-state index in [4.69, 9.17) is 10.3 Å². The summed E-state index contributed by atoms with van der Waals surface area (Å²) in [5.41, 5.74) is 6.59. The highest BCUT2D eigenvalue weighted by Crippen LogP contribution is 2.08. The Labute approximate surface area is 91.5 Å². The Morgan fingerprint density at radius 1 is 1.38 bits per heavy atom. The Morgan fingerprint density at radius 2 is 2.06 bits per heavy atom. The molecule has 0 aliphatic heterocycles. The summed E-state index contributed by atoms with van der Waals surface area (Å²) in [6.45, 7) is 1.67. The van der Waals surface area contributed by atoms with Gasteiger partial charge in [0.25, 0.3) is 5.91 Å². The first-order valence-corrected chi connectivity index (χ1v) is 4.62. The number of carbonyl (C=O) groups excluding carboxylic acids is 1. The molecule has 3 N–H and O–H groups in total. The SMILES string of the molecule is Cc1noc(NC(=O)c2ccc(N)cc2)n1. The van der Waals surface area contributed by atoms with Crippen LogP contribution in [0.25, 0.3) is 0 Å². The van der Waals surface area contributed by atoms with Crippen LogP contribution >= 0.6 is 0 Å². The number of aromatic nitrogens is 2. The number of benzene rings is 1. The molecule has 0 saturated carbocycles. The Bertz CT molecular complexity index is 504. The molecule has 1 amide bonds. The molecule has 0 atom stereocenters. The van der Waals surface area contributed by atoms with E-state index in [1.54, 1.807) is 31.2 Å². The molecule has 16 heavy (non-hydrogen) atoms. The number of rotatable bonds is 2. The summed E-state index contributed by atoms with van der Waals surface area (Å²) in [7, 11) is 0. The predicted molar refractivity (Wildman–Crippen MR) is 57.8 cm³/mol. The largest absolute Gasteiger partial charge is 0.399 e. The fourth-order valence-electron chi connectivity index (χ4n) is 1.15. The summed E-state index contributed by atoms with van der Waals surface area (Å²) in [4.78, 5) is 15.5. The van der Waals surface area contributed by atoms with E-state index in [-0.39, 0.29) is 11.9 Å². The highest BCUT2D eigenvalue weighted by atomic mass is 16.5. The van der Waals surface area contributed by atoms with Crippen LogP contribution in [0.3, 0.4) is 0 Å². The third-order valence-electron chi connectivity index (χ3n) is 1.92. The van der Waals surface area contributed by atoms with Gasteiger partial charge in [0, 0.05) is 11.3 Å². The number of amides is 1. The van der Waals surface area contributed by atoms with Crippen molar-refractivity contribution in [2.75, 3.05) is 11.1 Å². The third-order valence-corrected chi connectivity index (χ3v) is 1.92. The number of hydrogen-bond donors (Lipinski definition) is 2. The van der Waals surface area contributed by atoms with Crippen LogP contribution in [0.5, 0.6) is 0 Å². The van der Waals surface area contributed by atoms with E-state index < -0.39 is 0 Å². The van der Waals surface area contributed by atoms with Crippen LogP contribution in [-0.2, 0) is 0 Å². The molecule has 0 unspecified atom stereocenters. The van der Waals surface area contributed by atoms with Crippen LogP contribution in [0.2, 0.25) is 0 Å². The third kappa shape index (κ3) is 2.17. The average molecular weight is 218 g/mol. The summed E-state index contributed by atoms with van der Waals surface area (Å²) >= 11 is 0. The van der Waals surface area contributed by atoms with Gasteiger partial charge < -0.3 is 10.3 Å². The summed E-state index contributed by atoms with van der Waals surface area (Å²) in [5.74, 6) is 0.149. The molecule has 0 saturated heterocycles. The van der Waals surface area contributed by atoms with E-state index in [1.807, 2.05) is 0 Å². The normalized spacial score (nSPS) is 10.1. The smallest absolute Gasteiger partial charge is 0.328 e. The fourth-order valence-corrected chi connectivity index (χ4v) is 1.15. The molecule has 2 rings (SSSR count). The highest BCUT2D eigenvalue weighted by Gasteiger charge is 2.09. The van der Waals surface area contributed by atoms with E-state index in [1.165, 1.54) is 0 Å².